The summed E-state index contributed by atoms with van der Waals surface area (Å²) in [6, 6.07) is 16.2. The average molecular weight is 345 g/mol. The van der Waals surface area contributed by atoms with Crippen molar-refractivity contribution in [3.8, 4) is 0 Å². The van der Waals surface area contributed by atoms with Gasteiger partial charge >= 0.3 is 29.6 Å². The summed E-state index contributed by atoms with van der Waals surface area (Å²) in [4.78, 5) is 12.8. The maximum atomic E-state index is 12.8. The normalized spacial score (nSPS) is 22.2. The van der Waals surface area contributed by atoms with Crippen molar-refractivity contribution < 1.29 is 34.4 Å². The Morgan fingerprint density at radius 1 is 0.917 bits per heavy atom. The topological polar surface area (TPSA) is 41.1 Å². The van der Waals surface area contributed by atoms with Gasteiger partial charge in [0.1, 0.15) is 0 Å². The number of fused-ring (bicyclic) bond motifs is 1. The minimum absolute atomic E-state index is 0. The van der Waals surface area contributed by atoms with Crippen LogP contribution in [0, 0.1) is 0 Å². The van der Waals surface area contributed by atoms with Gasteiger partial charge in [-0.25, -0.2) is 0 Å². The van der Waals surface area contributed by atoms with E-state index in [1.807, 2.05) is 30.3 Å². The van der Waals surface area contributed by atoms with E-state index in [2.05, 4.69) is 28.8 Å². The molecule has 2 aromatic carbocycles. The molecule has 0 aromatic heterocycles. The second-order valence-corrected chi connectivity index (χ2v) is 6.62. The maximum Gasteiger partial charge on any atom is 1.00 e. The molecule has 1 amide bonds. The molecule has 0 bridgehead atoms. The molecule has 5 heteroatoms. The minimum atomic E-state index is -0.926. The first-order valence-electron chi connectivity index (χ1n) is 8.01. The molecule has 1 heterocycles. The Morgan fingerprint density at radius 3 is 2.29 bits per heavy atom. The largest absolute Gasteiger partial charge is 1.00 e. The van der Waals surface area contributed by atoms with Gasteiger partial charge in [-0.1, -0.05) is 48.5 Å². The number of rotatable bonds is 2. The number of nitrogens with one attached hydrogen (secondary N) is 2. The van der Waals surface area contributed by atoms with E-state index in [0.29, 0.717) is 5.11 Å². The molecule has 4 rings (SSSR count). The second kappa shape index (κ2) is 6.96. The van der Waals surface area contributed by atoms with Crippen LogP contribution in [0.2, 0.25) is 0 Å². The first-order chi connectivity index (χ1) is 11.2. The summed E-state index contributed by atoms with van der Waals surface area (Å²) in [5.41, 5.74) is 3.71. The third-order valence-electron chi connectivity index (χ3n) is 4.86. The van der Waals surface area contributed by atoms with E-state index in [-0.39, 0.29) is 35.5 Å². The van der Waals surface area contributed by atoms with E-state index in [1.165, 1.54) is 24.0 Å². The molecule has 1 saturated heterocycles. The summed E-state index contributed by atoms with van der Waals surface area (Å²) in [5, 5.41) is 6.38. The van der Waals surface area contributed by atoms with E-state index in [0.717, 1.165) is 24.0 Å². The van der Waals surface area contributed by atoms with Crippen LogP contribution in [0.4, 0.5) is 0 Å². The van der Waals surface area contributed by atoms with E-state index in [4.69, 9.17) is 12.2 Å². The fourth-order valence-electron chi connectivity index (χ4n) is 3.68. The van der Waals surface area contributed by atoms with Crippen LogP contribution in [-0.4, -0.2) is 11.0 Å². The van der Waals surface area contributed by atoms with Crippen molar-refractivity contribution in [3.63, 3.8) is 0 Å². The van der Waals surface area contributed by atoms with Gasteiger partial charge in [-0.05, 0) is 60.2 Å². The molecular weight excluding hydrogens is 327 g/mol. The van der Waals surface area contributed by atoms with E-state index >= 15 is 0 Å². The van der Waals surface area contributed by atoms with Gasteiger partial charge in [0.05, 0.1) is 0 Å². The molecule has 1 fully saturated rings. The van der Waals surface area contributed by atoms with Gasteiger partial charge in [-0.15, -0.1) is 0 Å². The molecule has 1 aliphatic heterocycles. The van der Waals surface area contributed by atoms with Crippen LogP contribution in [0.3, 0.4) is 0 Å². The van der Waals surface area contributed by atoms with Crippen molar-refractivity contribution in [1.29, 1.82) is 0 Å². The molecule has 1 atom stereocenters. The van der Waals surface area contributed by atoms with Crippen LogP contribution in [0.15, 0.2) is 48.5 Å². The number of aryl methyl sites for hydroxylation is 2. The van der Waals surface area contributed by atoms with Gasteiger partial charge in [0, 0.05) is 0 Å². The molecule has 24 heavy (non-hydrogen) atoms. The molecule has 1 aliphatic carbocycles. The van der Waals surface area contributed by atoms with Crippen LogP contribution < -0.4 is 40.2 Å². The molecular formula is C19H18N2NaOS+. The summed E-state index contributed by atoms with van der Waals surface area (Å²) >= 11 is 5.22. The van der Waals surface area contributed by atoms with Gasteiger partial charge < -0.3 is 10.6 Å². The minimum Gasteiger partial charge on any atom is -0.341 e. The molecule has 2 aliphatic rings. The Hall–Kier alpha value is -1.20. The zero-order valence-electron chi connectivity index (χ0n) is 13.8. The van der Waals surface area contributed by atoms with Crippen molar-refractivity contribution in [2.24, 2.45) is 0 Å². The van der Waals surface area contributed by atoms with Crippen LogP contribution in [0.5, 0.6) is 0 Å². The van der Waals surface area contributed by atoms with Gasteiger partial charge in [0.2, 0.25) is 0 Å². The van der Waals surface area contributed by atoms with Crippen LogP contribution in [0.1, 0.15) is 35.1 Å². The third kappa shape index (κ3) is 2.82. The standard InChI is InChI=1S/C19H18N2OS.Na/c22-17-19(21-18(23)20-17,15-8-2-1-3-9-15)16-11-10-13-6-4-5-7-14(13)12-16;/h1-3,8-12H,4-7H2,(H2,20,21,22,23);/q;+1. The van der Waals surface area contributed by atoms with Crippen LogP contribution in [-0.2, 0) is 23.2 Å². The Balaban J connectivity index is 0.00000169. The van der Waals surface area contributed by atoms with E-state index < -0.39 is 5.54 Å². The predicted molar refractivity (Wildman–Crippen MR) is 94.2 cm³/mol. The van der Waals surface area contributed by atoms with Crippen molar-refractivity contribution in [2.75, 3.05) is 0 Å². The first kappa shape index (κ1) is 17.6. The van der Waals surface area contributed by atoms with Crippen molar-refractivity contribution in [3.05, 3.63) is 70.8 Å². The average Bonchev–Trinajstić information content (AvgIpc) is 2.90. The Bertz CT molecular complexity index is 793. The summed E-state index contributed by atoms with van der Waals surface area (Å²) in [6.45, 7) is 0. The summed E-state index contributed by atoms with van der Waals surface area (Å²) < 4.78 is 0. The first-order valence-corrected chi connectivity index (χ1v) is 8.42. The monoisotopic (exact) mass is 345 g/mol. The number of amides is 1. The molecule has 2 aromatic rings. The van der Waals surface area contributed by atoms with Crippen molar-refractivity contribution >= 4 is 23.2 Å². The molecule has 116 valence electrons. The molecule has 0 saturated carbocycles. The van der Waals surface area contributed by atoms with Gasteiger partial charge in [0.15, 0.2) is 10.7 Å². The number of carbonyl (C=O) groups is 1. The second-order valence-electron chi connectivity index (χ2n) is 6.21. The van der Waals surface area contributed by atoms with Crippen LogP contribution in [0.25, 0.3) is 0 Å². The quantitative estimate of drug-likeness (QED) is 0.586. The molecule has 0 spiro atoms. The smallest absolute Gasteiger partial charge is 0.341 e. The number of carbonyl (C=O) groups excluding carboxylic acids is 1. The predicted octanol–water partition coefficient (Wildman–Crippen LogP) is -0.183. The number of hydrogen-bond donors (Lipinski definition) is 2. The van der Waals surface area contributed by atoms with Gasteiger partial charge in [-0.2, -0.15) is 0 Å². The van der Waals surface area contributed by atoms with E-state index in [1.54, 1.807) is 0 Å². The Kier molecular flexibility index (Phi) is 5.11. The van der Waals surface area contributed by atoms with E-state index in [9.17, 15) is 4.79 Å². The summed E-state index contributed by atoms with van der Waals surface area (Å²) in [7, 11) is 0. The zero-order chi connectivity index (χ0) is 15.9. The molecule has 3 nitrogen and oxygen atoms in total. The number of thiocarbonyl (C=S) groups is 1. The maximum absolute atomic E-state index is 12.8. The number of benzene rings is 2. The van der Waals surface area contributed by atoms with Crippen LogP contribution >= 0.6 is 12.2 Å². The molecule has 1 unspecified atom stereocenters. The number of hydrogen-bond acceptors (Lipinski definition) is 2. The summed E-state index contributed by atoms with van der Waals surface area (Å²) in [6.07, 6.45) is 4.68. The molecule has 2 N–H and O–H groups in total. The SMILES string of the molecule is O=C1NC(=S)NC1(c1ccccc1)c1ccc2c(c1)CCCC2.[Na+]. The van der Waals surface area contributed by atoms with Crippen molar-refractivity contribution in [2.45, 2.75) is 31.2 Å². The Labute approximate surface area is 169 Å². The fraction of sp³-hybridized carbons (Fsp3) is 0.263. The molecule has 0 radical (unpaired) electrons. The Morgan fingerprint density at radius 2 is 1.62 bits per heavy atom. The summed E-state index contributed by atoms with van der Waals surface area (Å²) in [5.74, 6) is -0.107. The zero-order valence-corrected chi connectivity index (χ0v) is 16.6. The fourth-order valence-corrected chi connectivity index (χ4v) is 3.93. The third-order valence-corrected chi connectivity index (χ3v) is 5.06. The van der Waals surface area contributed by atoms with Gasteiger partial charge in [0.25, 0.3) is 5.91 Å². The van der Waals surface area contributed by atoms with Gasteiger partial charge in [-0.3, -0.25) is 4.79 Å². The van der Waals surface area contributed by atoms with Crippen molar-refractivity contribution in [1.82, 2.24) is 10.6 Å².